The lowest BCUT2D eigenvalue weighted by atomic mass is 9.89. The monoisotopic (exact) mass is 362 g/mol. The molecule has 7 heteroatoms. The van der Waals surface area contributed by atoms with Gasteiger partial charge in [0.2, 0.25) is 0 Å². The molecule has 124 valence electrons. The fourth-order valence-electron chi connectivity index (χ4n) is 3.31. The van der Waals surface area contributed by atoms with Crippen LogP contribution in [0.1, 0.15) is 49.9 Å². The second kappa shape index (κ2) is 5.15. The molecule has 0 amide bonds. The molecule has 1 aliphatic carbocycles. The van der Waals surface area contributed by atoms with Crippen molar-refractivity contribution < 1.29 is 13.2 Å². The summed E-state index contributed by atoms with van der Waals surface area (Å²) in [4.78, 5) is 0. The Morgan fingerprint density at radius 2 is 1.78 bits per heavy atom. The maximum absolute atomic E-state index is 12.8. The van der Waals surface area contributed by atoms with Gasteiger partial charge in [-0.1, -0.05) is 44.0 Å². The van der Waals surface area contributed by atoms with Gasteiger partial charge in [0.1, 0.15) is 5.69 Å². The molecule has 0 aliphatic heterocycles. The molecule has 0 radical (unpaired) electrons. The van der Waals surface area contributed by atoms with Crippen molar-refractivity contribution in [2.45, 2.75) is 44.7 Å². The fraction of sp³-hybridized carbons (Fsp3) is 0.438. The Morgan fingerprint density at radius 1 is 1.22 bits per heavy atom. The van der Waals surface area contributed by atoms with E-state index in [1.807, 2.05) is 6.20 Å². The highest BCUT2D eigenvalue weighted by molar-refractivity contribution is 6.37. The zero-order valence-electron chi connectivity index (χ0n) is 12.8. The van der Waals surface area contributed by atoms with Crippen LogP contribution < -0.4 is 0 Å². The molecule has 1 unspecified atom stereocenters. The van der Waals surface area contributed by atoms with Crippen molar-refractivity contribution in [2.24, 2.45) is 0 Å². The van der Waals surface area contributed by atoms with Crippen LogP contribution in [0.3, 0.4) is 0 Å². The number of hydrogen-bond acceptors (Lipinski definition) is 1. The zero-order valence-corrected chi connectivity index (χ0v) is 14.3. The Labute approximate surface area is 142 Å². The molecule has 2 nitrogen and oxygen atoms in total. The summed E-state index contributed by atoms with van der Waals surface area (Å²) in [6, 6.07) is 1.76. The molecule has 0 saturated carbocycles. The van der Waals surface area contributed by atoms with Crippen LogP contribution in [-0.2, 0) is 11.6 Å². The average Bonchev–Trinajstić information content (AvgIpc) is 2.89. The molecule has 1 atom stereocenters. The minimum absolute atomic E-state index is 0.0727. The van der Waals surface area contributed by atoms with Crippen molar-refractivity contribution in [3.05, 3.63) is 45.2 Å². The number of hydrogen-bond donors (Lipinski definition) is 0. The van der Waals surface area contributed by atoms with Gasteiger partial charge in [0, 0.05) is 11.6 Å². The predicted molar refractivity (Wildman–Crippen MR) is 84.6 cm³/mol. The normalized spacial score (nSPS) is 19.9. The molecule has 0 spiro atoms. The first kappa shape index (κ1) is 16.7. The van der Waals surface area contributed by atoms with E-state index in [4.69, 9.17) is 23.2 Å². The van der Waals surface area contributed by atoms with E-state index < -0.39 is 11.7 Å². The van der Waals surface area contributed by atoms with Crippen molar-refractivity contribution in [1.29, 1.82) is 0 Å². The third kappa shape index (κ3) is 2.74. The van der Waals surface area contributed by atoms with Gasteiger partial charge in [0.05, 0.1) is 21.3 Å². The lowest BCUT2D eigenvalue weighted by molar-refractivity contribution is -0.137. The van der Waals surface area contributed by atoms with Crippen LogP contribution in [0.2, 0.25) is 10.0 Å². The third-order valence-corrected chi connectivity index (χ3v) is 4.88. The smallest absolute Gasteiger partial charge is 0.237 e. The van der Waals surface area contributed by atoms with Crippen LogP contribution in [0.5, 0.6) is 0 Å². The zero-order chi connectivity index (χ0) is 17.2. The largest absolute Gasteiger partial charge is 0.416 e. The molecule has 1 aromatic carbocycles. The van der Waals surface area contributed by atoms with Crippen LogP contribution in [-0.4, -0.2) is 9.78 Å². The van der Waals surface area contributed by atoms with Gasteiger partial charge in [-0.25, -0.2) is 4.68 Å². The van der Waals surface area contributed by atoms with Gasteiger partial charge in [0.25, 0.3) is 0 Å². The number of fused-ring (bicyclic) bond motifs is 1. The fourth-order valence-corrected chi connectivity index (χ4v) is 3.97. The third-order valence-electron chi connectivity index (χ3n) is 4.30. The summed E-state index contributed by atoms with van der Waals surface area (Å²) in [6.45, 7) is 6.31. The Kier molecular flexibility index (Phi) is 3.73. The van der Waals surface area contributed by atoms with Crippen molar-refractivity contribution >= 4 is 23.2 Å². The van der Waals surface area contributed by atoms with Gasteiger partial charge in [-0.15, -0.1) is 0 Å². The molecule has 3 rings (SSSR count). The molecule has 0 saturated heterocycles. The summed E-state index contributed by atoms with van der Waals surface area (Å²) in [5, 5.41) is 4.40. The van der Waals surface area contributed by atoms with E-state index in [1.165, 1.54) is 4.68 Å². The standard InChI is InChI=1S/C16H15Cl2F3N2/c1-8-6-15(2,3)14-10(8)7-23(22-14)13-11(17)4-9(5-12(13)18)16(19,20)21/h4-5,7-8H,6H2,1-3H3. The van der Waals surface area contributed by atoms with Crippen LogP contribution in [0, 0.1) is 0 Å². The SMILES string of the molecule is CC1CC(C)(C)c2nn(-c3c(Cl)cc(C(F)(F)F)cc3Cl)cc21. The lowest BCUT2D eigenvalue weighted by Crippen LogP contribution is -2.15. The van der Waals surface area contributed by atoms with E-state index in [9.17, 15) is 13.2 Å². The maximum atomic E-state index is 12.8. The highest BCUT2D eigenvalue weighted by Crippen LogP contribution is 2.46. The number of halogens is 5. The highest BCUT2D eigenvalue weighted by atomic mass is 35.5. The predicted octanol–water partition coefficient (Wildman–Crippen LogP) is 5.98. The van der Waals surface area contributed by atoms with Crippen LogP contribution in [0.15, 0.2) is 18.3 Å². The number of rotatable bonds is 1. The van der Waals surface area contributed by atoms with Gasteiger partial charge in [-0.05, 0) is 30.0 Å². The van der Waals surface area contributed by atoms with Crippen LogP contribution in [0.4, 0.5) is 13.2 Å². The van der Waals surface area contributed by atoms with E-state index in [0.29, 0.717) is 5.92 Å². The van der Waals surface area contributed by atoms with Gasteiger partial charge < -0.3 is 0 Å². The Hall–Kier alpha value is -1.20. The number of nitrogens with zero attached hydrogens (tertiary/aromatic N) is 2. The number of aromatic nitrogens is 2. The molecule has 0 bridgehead atoms. The quantitative estimate of drug-likeness (QED) is 0.609. The van der Waals surface area contributed by atoms with Gasteiger partial charge in [0.15, 0.2) is 0 Å². The van der Waals surface area contributed by atoms with E-state index in [2.05, 4.69) is 25.9 Å². The van der Waals surface area contributed by atoms with Crippen LogP contribution >= 0.6 is 23.2 Å². The minimum atomic E-state index is -4.49. The van der Waals surface area contributed by atoms with E-state index in [1.54, 1.807) is 0 Å². The molecular formula is C16H15Cl2F3N2. The minimum Gasteiger partial charge on any atom is -0.237 e. The molecule has 1 aliphatic rings. The maximum Gasteiger partial charge on any atom is 0.416 e. The second-order valence-corrected chi connectivity index (χ2v) is 7.47. The molecular weight excluding hydrogens is 348 g/mol. The molecule has 1 heterocycles. The molecule has 0 fully saturated rings. The lowest BCUT2D eigenvalue weighted by Gasteiger charge is -2.18. The summed E-state index contributed by atoms with van der Waals surface area (Å²) in [5.41, 5.74) is 1.35. The van der Waals surface area contributed by atoms with E-state index >= 15 is 0 Å². The summed E-state index contributed by atoms with van der Waals surface area (Å²) in [5.74, 6) is 0.334. The van der Waals surface area contributed by atoms with Gasteiger partial charge >= 0.3 is 6.18 Å². The van der Waals surface area contributed by atoms with Crippen molar-refractivity contribution in [2.75, 3.05) is 0 Å². The summed E-state index contributed by atoms with van der Waals surface area (Å²) >= 11 is 12.1. The summed E-state index contributed by atoms with van der Waals surface area (Å²) in [6.07, 6.45) is -1.69. The first-order valence-electron chi connectivity index (χ1n) is 7.17. The number of alkyl halides is 3. The number of benzene rings is 1. The van der Waals surface area contributed by atoms with E-state index in [-0.39, 0.29) is 21.1 Å². The second-order valence-electron chi connectivity index (χ2n) is 6.65. The molecule has 23 heavy (non-hydrogen) atoms. The van der Waals surface area contributed by atoms with Gasteiger partial charge in [-0.2, -0.15) is 18.3 Å². The summed E-state index contributed by atoms with van der Waals surface area (Å²) < 4.78 is 40.0. The Balaban J connectivity index is 2.13. The van der Waals surface area contributed by atoms with Gasteiger partial charge in [-0.3, -0.25) is 0 Å². The highest BCUT2D eigenvalue weighted by Gasteiger charge is 2.38. The molecule has 1 aromatic heterocycles. The molecule has 2 aromatic rings. The average molecular weight is 363 g/mol. The van der Waals surface area contributed by atoms with Crippen molar-refractivity contribution in [3.63, 3.8) is 0 Å². The van der Waals surface area contributed by atoms with E-state index in [0.717, 1.165) is 29.8 Å². The first-order chi connectivity index (χ1) is 10.5. The Bertz CT molecular complexity index is 755. The Morgan fingerprint density at radius 3 is 2.26 bits per heavy atom. The van der Waals surface area contributed by atoms with Crippen LogP contribution in [0.25, 0.3) is 5.69 Å². The van der Waals surface area contributed by atoms with Crippen molar-refractivity contribution in [1.82, 2.24) is 9.78 Å². The molecule has 0 N–H and O–H groups in total. The first-order valence-corrected chi connectivity index (χ1v) is 7.93. The summed E-state index contributed by atoms with van der Waals surface area (Å²) in [7, 11) is 0. The van der Waals surface area contributed by atoms with Crippen molar-refractivity contribution in [3.8, 4) is 5.69 Å². The topological polar surface area (TPSA) is 17.8 Å².